The molecule has 0 aliphatic rings. The van der Waals surface area contributed by atoms with E-state index in [0.29, 0.717) is 28.0 Å². The van der Waals surface area contributed by atoms with Crippen molar-refractivity contribution in [2.45, 2.75) is 6.92 Å². The van der Waals surface area contributed by atoms with E-state index in [4.69, 9.17) is 9.15 Å². The summed E-state index contributed by atoms with van der Waals surface area (Å²) in [6.45, 7) is 1.78. The smallest absolute Gasteiger partial charge is 0.199 e. The minimum absolute atomic E-state index is 0.0532. The minimum atomic E-state index is -0.0532. The number of fused-ring (bicyclic) bond motifs is 1. The van der Waals surface area contributed by atoms with Crippen LogP contribution >= 0.6 is 0 Å². The second kappa shape index (κ2) is 4.85. The van der Waals surface area contributed by atoms with Crippen LogP contribution in [-0.2, 0) is 0 Å². The minimum Gasteiger partial charge on any atom is -0.496 e. The maximum absolute atomic E-state index is 12.6. The number of rotatable bonds is 2. The van der Waals surface area contributed by atoms with Crippen LogP contribution < -0.4 is 10.2 Å². The summed E-state index contributed by atoms with van der Waals surface area (Å²) in [6, 6.07) is 15.0. The lowest BCUT2D eigenvalue weighted by Gasteiger charge is -2.09. The van der Waals surface area contributed by atoms with Crippen LogP contribution in [0.15, 0.2) is 57.7 Å². The van der Waals surface area contributed by atoms with Gasteiger partial charge in [-0.25, -0.2) is 0 Å². The first-order valence-corrected chi connectivity index (χ1v) is 6.38. The lowest BCUT2D eigenvalue weighted by molar-refractivity contribution is 0.418. The summed E-state index contributed by atoms with van der Waals surface area (Å²) in [6.07, 6.45) is 0. The highest BCUT2D eigenvalue weighted by atomic mass is 16.5. The first-order chi connectivity index (χ1) is 9.72. The summed E-state index contributed by atoms with van der Waals surface area (Å²) in [5.74, 6) is 1.15. The Morgan fingerprint density at radius 2 is 1.75 bits per heavy atom. The quantitative estimate of drug-likeness (QED) is 0.708. The van der Waals surface area contributed by atoms with E-state index in [0.717, 1.165) is 5.56 Å². The Labute approximate surface area is 116 Å². The molecule has 0 spiro atoms. The highest BCUT2D eigenvalue weighted by Crippen LogP contribution is 2.29. The van der Waals surface area contributed by atoms with Crippen LogP contribution in [0.25, 0.3) is 22.3 Å². The lowest BCUT2D eigenvalue weighted by atomic mass is 10.1. The highest BCUT2D eigenvalue weighted by molar-refractivity contribution is 5.86. The third-order valence-electron chi connectivity index (χ3n) is 3.36. The van der Waals surface area contributed by atoms with Gasteiger partial charge in [0.25, 0.3) is 0 Å². The average Bonchev–Trinajstić information content (AvgIpc) is 2.51. The van der Waals surface area contributed by atoms with Gasteiger partial charge in [-0.1, -0.05) is 36.4 Å². The summed E-state index contributed by atoms with van der Waals surface area (Å²) in [5, 5.41) is 0.493. The zero-order chi connectivity index (χ0) is 14.1. The fourth-order valence-electron chi connectivity index (χ4n) is 2.33. The molecule has 0 aliphatic carbocycles. The van der Waals surface area contributed by atoms with Crippen LogP contribution in [0.5, 0.6) is 5.75 Å². The summed E-state index contributed by atoms with van der Waals surface area (Å²) in [5.41, 5.74) is 1.97. The van der Waals surface area contributed by atoms with Gasteiger partial charge in [0.1, 0.15) is 22.5 Å². The molecule has 3 heteroatoms. The Balaban J connectivity index is 2.38. The van der Waals surface area contributed by atoms with Gasteiger partial charge in [-0.2, -0.15) is 0 Å². The Morgan fingerprint density at radius 1 is 1.00 bits per heavy atom. The molecule has 0 atom stereocenters. The van der Waals surface area contributed by atoms with Gasteiger partial charge in [-0.3, -0.25) is 4.79 Å². The number of methoxy groups -OCH3 is 1. The van der Waals surface area contributed by atoms with Crippen molar-refractivity contribution in [3.8, 4) is 17.1 Å². The Kier molecular flexibility index (Phi) is 3.03. The molecule has 0 unspecified atom stereocenters. The molecule has 1 aromatic heterocycles. The van der Waals surface area contributed by atoms with E-state index in [1.807, 2.05) is 36.4 Å². The molecule has 1 heterocycles. The van der Waals surface area contributed by atoms with Gasteiger partial charge in [0.2, 0.25) is 0 Å². The SMILES string of the molecule is COc1cccc2oc(-c3ccccc3)c(C)c(=O)c12. The van der Waals surface area contributed by atoms with Crippen molar-refractivity contribution in [1.29, 1.82) is 0 Å². The third kappa shape index (κ3) is 1.88. The monoisotopic (exact) mass is 266 g/mol. The predicted octanol–water partition coefficient (Wildman–Crippen LogP) is 3.78. The van der Waals surface area contributed by atoms with Gasteiger partial charge in [0, 0.05) is 11.1 Å². The van der Waals surface area contributed by atoms with E-state index in [1.54, 1.807) is 26.2 Å². The Morgan fingerprint density at radius 3 is 2.45 bits per heavy atom. The molecule has 3 aromatic rings. The molecule has 3 nitrogen and oxygen atoms in total. The number of hydrogen-bond acceptors (Lipinski definition) is 3. The largest absolute Gasteiger partial charge is 0.496 e. The van der Waals surface area contributed by atoms with Gasteiger partial charge in [-0.05, 0) is 19.1 Å². The molecule has 0 saturated heterocycles. The summed E-state index contributed by atoms with van der Waals surface area (Å²) in [7, 11) is 1.55. The van der Waals surface area contributed by atoms with Gasteiger partial charge >= 0.3 is 0 Å². The van der Waals surface area contributed by atoms with Crippen molar-refractivity contribution < 1.29 is 9.15 Å². The van der Waals surface area contributed by atoms with Gasteiger partial charge < -0.3 is 9.15 Å². The second-order valence-corrected chi connectivity index (χ2v) is 4.58. The summed E-state index contributed by atoms with van der Waals surface area (Å²) in [4.78, 5) is 12.6. The van der Waals surface area contributed by atoms with E-state index in [9.17, 15) is 4.79 Å². The zero-order valence-corrected chi connectivity index (χ0v) is 11.3. The van der Waals surface area contributed by atoms with Crippen molar-refractivity contribution in [2.24, 2.45) is 0 Å². The van der Waals surface area contributed by atoms with E-state index >= 15 is 0 Å². The topological polar surface area (TPSA) is 39.4 Å². The molecular weight excluding hydrogens is 252 g/mol. The third-order valence-corrected chi connectivity index (χ3v) is 3.36. The molecular formula is C17H14O3. The molecule has 2 aromatic carbocycles. The van der Waals surface area contributed by atoms with E-state index in [-0.39, 0.29) is 5.43 Å². The average molecular weight is 266 g/mol. The lowest BCUT2D eigenvalue weighted by Crippen LogP contribution is -2.08. The van der Waals surface area contributed by atoms with Crippen LogP contribution in [0.4, 0.5) is 0 Å². The first-order valence-electron chi connectivity index (χ1n) is 6.38. The fraction of sp³-hybridized carbons (Fsp3) is 0.118. The zero-order valence-electron chi connectivity index (χ0n) is 11.3. The summed E-state index contributed by atoms with van der Waals surface area (Å²) >= 11 is 0. The van der Waals surface area contributed by atoms with Crippen LogP contribution in [0.2, 0.25) is 0 Å². The number of hydrogen-bond donors (Lipinski definition) is 0. The predicted molar refractivity (Wildman–Crippen MR) is 79.2 cm³/mol. The van der Waals surface area contributed by atoms with Crippen molar-refractivity contribution in [2.75, 3.05) is 7.11 Å². The number of benzene rings is 2. The number of ether oxygens (including phenoxy) is 1. The molecule has 0 aliphatic heterocycles. The van der Waals surface area contributed by atoms with Gasteiger partial charge in [0.15, 0.2) is 5.43 Å². The van der Waals surface area contributed by atoms with Crippen molar-refractivity contribution in [3.05, 3.63) is 64.3 Å². The molecule has 0 fully saturated rings. The summed E-state index contributed by atoms with van der Waals surface area (Å²) < 4.78 is 11.2. The van der Waals surface area contributed by atoms with Crippen LogP contribution in [0.3, 0.4) is 0 Å². The maximum Gasteiger partial charge on any atom is 0.199 e. The molecule has 0 N–H and O–H groups in total. The fourth-order valence-corrected chi connectivity index (χ4v) is 2.33. The Bertz CT molecular complexity index is 817. The van der Waals surface area contributed by atoms with Crippen LogP contribution in [-0.4, -0.2) is 7.11 Å². The van der Waals surface area contributed by atoms with Crippen molar-refractivity contribution >= 4 is 11.0 Å². The Hall–Kier alpha value is -2.55. The van der Waals surface area contributed by atoms with Crippen molar-refractivity contribution in [3.63, 3.8) is 0 Å². The maximum atomic E-state index is 12.6. The first kappa shape index (κ1) is 12.5. The molecule has 0 amide bonds. The highest BCUT2D eigenvalue weighted by Gasteiger charge is 2.15. The molecule has 0 radical (unpaired) electrons. The molecule has 0 saturated carbocycles. The second-order valence-electron chi connectivity index (χ2n) is 4.58. The van der Waals surface area contributed by atoms with Gasteiger partial charge in [0.05, 0.1) is 7.11 Å². The van der Waals surface area contributed by atoms with Crippen molar-refractivity contribution in [1.82, 2.24) is 0 Å². The van der Waals surface area contributed by atoms with Crippen LogP contribution in [0.1, 0.15) is 5.56 Å². The molecule has 100 valence electrons. The molecule has 20 heavy (non-hydrogen) atoms. The van der Waals surface area contributed by atoms with E-state index < -0.39 is 0 Å². The molecule has 3 rings (SSSR count). The molecule has 0 bridgehead atoms. The van der Waals surface area contributed by atoms with Crippen LogP contribution in [0, 0.1) is 6.92 Å². The van der Waals surface area contributed by atoms with E-state index in [1.165, 1.54) is 0 Å². The van der Waals surface area contributed by atoms with E-state index in [2.05, 4.69) is 0 Å². The standard InChI is InChI=1S/C17H14O3/c1-11-16(18)15-13(19-2)9-6-10-14(15)20-17(11)12-7-4-3-5-8-12/h3-10H,1-2H3. The van der Waals surface area contributed by atoms with Gasteiger partial charge in [-0.15, -0.1) is 0 Å². The normalized spacial score (nSPS) is 10.7.